The van der Waals surface area contributed by atoms with Crippen LogP contribution >= 0.6 is 0 Å². The molecule has 1 unspecified atom stereocenters. The van der Waals surface area contributed by atoms with Crippen molar-refractivity contribution in [1.29, 1.82) is 0 Å². The first-order valence-corrected chi connectivity index (χ1v) is 8.30. The molecule has 1 atom stereocenters. The summed E-state index contributed by atoms with van der Waals surface area (Å²) in [5, 5.41) is 9.20. The van der Waals surface area contributed by atoms with Crippen molar-refractivity contribution in [2.75, 3.05) is 6.61 Å². The van der Waals surface area contributed by atoms with E-state index in [1.54, 1.807) is 37.5 Å². The number of rotatable bonds is 9. The van der Waals surface area contributed by atoms with E-state index in [4.69, 9.17) is 4.74 Å². The molecule has 0 amide bonds. The van der Waals surface area contributed by atoms with E-state index in [0.717, 1.165) is 24.8 Å². The van der Waals surface area contributed by atoms with Crippen LogP contribution < -0.4 is 4.74 Å². The second kappa shape index (κ2) is 9.69. The average Bonchev–Trinajstić information content (AvgIpc) is 2.60. The fraction of sp³-hybridized carbons (Fsp3) is 0.300. The van der Waals surface area contributed by atoms with Crippen LogP contribution in [0.4, 0.5) is 4.39 Å². The number of aliphatic hydroxyl groups excluding tert-OH is 1. The minimum absolute atomic E-state index is 0.196. The van der Waals surface area contributed by atoms with Gasteiger partial charge in [-0.15, -0.1) is 0 Å². The SMILES string of the molecule is C=CCOc1ccc(-c2cnc(/C=C/CCCC(C)O)nc2)cc1F. The molecule has 0 spiro atoms. The molecule has 1 heterocycles. The van der Waals surface area contributed by atoms with Gasteiger partial charge in [0.15, 0.2) is 17.4 Å². The van der Waals surface area contributed by atoms with Gasteiger partial charge in [0.25, 0.3) is 0 Å². The second-order valence-electron chi connectivity index (χ2n) is 5.76. The number of benzene rings is 1. The van der Waals surface area contributed by atoms with E-state index in [-0.39, 0.29) is 18.5 Å². The van der Waals surface area contributed by atoms with Crippen molar-refractivity contribution in [3.63, 3.8) is 0 Å². The van der Waals surface area contributed by atoms with Gasteiger partial charge in [-0.1, -0.05) is 24.8 Å². The Bertz CT molecular complexity index is 712. The third-order valence-corrected chi connectivity index (χ3v) is 3.55. The number of aliphatic hydroxyl groups is 1. The zero-order chi connectivity index (χ0) is 18.1. The highest BCUT2D eigenvalue weighted by molar-refractivity contribution is 5.63. The van der Waals surface area contributed by atoms with Crippen LogP contribution in [0, 0.1) is 5.82 Å². The average molecular weight is 342 g/mol. The van der Waals surface area contributed by atoms with Crippen LogP contribution in [0.2, 0.25) is 0 Å². The predicted molar refractivity (Wildman–Crippen MR) is 97.7 cm³/mol. The molecular formula is C20H23FN2O2. The van der Waals surface area contributed by atoms with Crippen molar-refractivity contribution in [1.82, 2.24) is 9.97 Å². The Morgan fingerprint density at radius 1 is 1.28 bits per heavy atom. The zero-order valence-corrected chi connectivity index (χ0v) is 14.4. The number of halogens is 1. The highest BCUT2D eigenvalue weighted by Gasteiger charge is 2.06. The highest BCUT2D eigenvalue weighted by atomic mass is 19.1. The van der Waals surface area contributed by atoms with E-state index < -0.39 is 5.82 Å². The van der Waals surface area contributed by atoms with E-state index in [9.17, 15) is 9.50 Å². The van der Waals surface area contributed by atoms with Crippen LogP contribution in [0.25, 0.3) is 17.2 Å². The molecule has 2 rings (SSSR count). The van der Waals surface area contributed by atoms with Crippen LogP contribution in [0.5, 0.6) is 5.75 Å². The van der Waals surface area contributed by atoms with Gasteiger partial charge < -0.3 is 9.84 Å². The molecule has 1 aromatic carbocycles. The Kier molecular flexibility index (Phi) is 7.29. The lowest BCUT2D eigenvalue weighted by Gasteiger charge is -2.07. The first kappa shape index (κ1) is 18.8. The predicted octanol–water partition coefficient (Wildman–Crippen LogP) is 4.41. The number of aromatic nitrogens is 2. The van der Waals surface area contributed by atoms with Gasteiger partial charge in [-0.2, -0.15) is 0 Å². The van der Waals surface area contributed by atoms with Gasteiger partial charge in [-0.05, 0) is 50.0 Å². The molecule has 1 aromatic heterocycles. The maximum Gasteiger partial charge on any atom is 0.165 e. The largest absolute Gasteiger partial charge is 0.486 e. The number of ether oxygens (including phenoxy) is 1. The molecule has 0 saturated carbocycles. The molecule has 5 heteroatoms. The molecule has 25 heavy (non-hydrogen) atoms. The standard InChI is InChI=1S/C20H23FN2O2/c1-3-11-25-19-10-9-16(12-18(19)21)17-13-22-20(23-14-17)8-6-4-5-7-15(2)24/h3,6,8-10,12-15,24H,1,4-5,7,11H2,2H3/b8-6+. The molecule has 0 fully saturated rings. The molecule has 0 aliphatic carbocycles. The van der Waals surface area contributed by atoms with Gasteiger partial charge in [-0.25, -0.2) is 14.4 Å². The third-order valence-electron chi connectivity index (χ3n) is 3.55. The summed E-state index contributed by atoms with van der Waals surface area (Å²) in [5.41, 5.74) is 1.43. The van der Waals surface area contributed by atoms with Gasteiger partial charge in [-0.3, -0.25) is 0 Å². The van der Waals surface area contributed by atoms with Gasteiger partial charge in [0, 0.05) is 18.0 Å². The van der Waals surface area contributed by atoms with E-state index in [2.05, 4.69) is 16.5 Å². The lowest BCUT2D eigenvalue weighted by Crippen LogP contribution is -1.97. The molecule has 0 aliphatic rings. The first-order valence-electron chi connectivity index (χ1n) is 8.30. The Morgan fingerprint density at radius 3 is 2.68 bits per heavy atom. The monoisotopic (exact) mass is 342 g/mol. The van der Waals surface area contributed by atoms with Crippen LogP contribution in [-0.2, 0) is 0 Å². The van der Waals surface area contributed by atoms with Crippen LogP contribution in [-0.4, -0.2) is 27.8 Å². The van der Waals surface area contributed by atoms with Crippen molar-refractivity contribution < 1.29 is 14.2 Å². The van der Waals surface area contributed by atoms with Crippen LogP contribution in [0.15, 0.2) is 49.3 Å². The summed E-state index contributed by atoms with van der Waals surface area (Å²) < 4.78 is 19.2. The van der Waals surface area contributed by atoms with Gasteiger partial charge in [0.2, 0.25) is 0 Å². The molecule has 132 valence electrons. The van der Waals surface area contributed by atoms with Gasteiger partial charge >= 0.3 is 0 Å². The molecule has 0 saturated heterocycles. The molecule has 0 aliphatic heterocycles. The van der Waals surface area contributed by atoms with Crippen molar-refractivity contribution in [3.8, 4) is 16.9 Å². The smallest absolute Gasteiger partial charge is 0.165 e. The Labute approximate surface area is 147 Å². The van der Waals surface area contributed by atoms with Crippen LogP contribution in [0.1, 0.15) is 32.0 Å². The summed E-state index contributed by atoms with van der Waals surface area (Å²) in [6.07, 6.45) is 11.0. The lowest BCUT2D eigenvalue weighted by molar-refractivity contribution is 0.182. The number of unbranched alkanes of at least 4 members (excludes halogenated alkanes) is 1. The van der Waals surface area contributed by atoms with Crippen molar-refractivity contribution >= 4 is 6.08 Å². The molecule has 0 bridgehead atoms. The zero-order valence-electron chi connectivity index (χ0n) is 14.4. The minimum Gasteiger partial charge on any atom is -0.486 e. The van der Waals surface area contributed by atoms with E-state index in [0.29, 0.717) is 11.4 Å². The van der Waals surface area contributed by atoms with Crippen LogP contribution in [0.3, 0.4) is 0 Å². The Balaban J connectivity index is 1.98. The Morgan fingerprint density at radius 2 is 2.04 bits per heavy atom. The summed E-state index contributed by atoms with van der Waals surface area (Å²) in [6.45, 7) is 5.58. The van der Waals surface area contributed by atoms with Gasteiger partial charge in [0.05, 0.1) is 6.10 Å². The molecule has 2 aromatic rings. The summed E-state index contributed by atoms with van der Waals surface area (Å²) in [5.74, 6) is 0.370. The maximum atomic E-state index is 14.0. The van der Waals surface area contributed by atoms with Crippen molar-refractivity contribution in [2.24, 2.45) is 0 Å². The first-order chi connectivity index (χ1) is 12.1. The minimum atomic E-state index is -0.429. The number of nitrogens with zero attached hydrogens (tertiary/aromatic N) is 2. The maximum absolute atomic E-state index is 14.0. The summed E-state index contributed by atoms with van der Waals surface area (Å²) >= 11 is 0. The highest BCUT2D eigenvalue weighted by Crippen LogP contribution is 2.25. The number of hydrogen-bond acceptors (Lipinski definition) is 4. The summed E-state index contributed by atoms with van der Waals surface area (Å²) in [4.78, 5) is 8.55. The fourth-order valence-corrected chi connectivity index (χ4v) is 2.24. The summed E-state index contributed by atoms with van der Waals surface area (Å²) in [7, 11) is 0. The molecule has 0 radical (unpaired) electrons. The van der Waals surface area contributed by atoms with Gasteiger partial charge in [0.1, 0.15) is 6.61 Å². The molecular weight excluding hydrogens is 319 g/mol. The number of allylic oxidation sites excluding steroid dienone is 1. The third kappa shape index (κ3) is 6.12. The molecule has 1 N–H and O–H groups in total. The van der Waals surface area contributed by atoms with E-state index in [1.165, 1.54) is 6.07 Å². The van der Waals surface area contributed by atoms with Crippen molar-refractivity contribution in [2.45, 2.75) is 32.3 Å². The Hall–Kier alpha value is -2.53. The molecule has 4 nitrogen and oxygen atoms in total. The summed E-state index contributed by atoms with van der Waals surface area (Å²) in [6, 6.07) is 4.76. The lowest BCUT2D eigenvalue weighted by atomic mass is 10.1. The number of hydrogen-bond donors (Lipinski definition) is 1. The second-order valence-corrected chi connectivity index (χ2v) is 5.76. The van der Waals surface area contributed by atoms with E-state index >= 15 is 0 Å². The van der Waals surface area contributed by atoms with E-state index in [1.807, 2.05) is 12.2 Å². The quantitative estimate of drug-likeness (QED) is 0.542. The fourth-order valence-electron chi connectivity index (χ4n) is 2.24. The topological polar surface area (TPSA) is 55.2 Å². The normalized spacial score (nSPS) is 12.3. The van der Waals surface area contributed by atoms with Crippen molar-refractivity contribution in [3.05, 3.63) is 61.0 Å².